The minimum absolute atomic E-state index is 0.316. The van der Waals surface area contributed by atoms with Crippen molar-refractivity contribution >= 4 is 23.2 Å². The number of carbonyl (C=O) groups is 2. The molecule has 2 aromatic rings. The normalized spacial score (nSPS) is 22.2. The van der Waals surface area contributed by atoms with Crippen molar-refractivity contribution in [3.63, 3.8) is 0 Å². The molecule has 24 heavy (non-hydrogen) atoms. The fourth-order valence-electron chi connectivity index (χ4n) is 3.01. The lowest BCUT2D eigenvalue weighted by Crippen LogP contribution is -2.33. The molecule has 0 N–H and O–H groups in total. The summed E-state index contributed by atoms with van der Waals surface area (Å²) in [5, 5.41) is 3.98. The Bertz CT molecular complexity index is 830. The van der Waals surface area contributed by atoms with E-state index in [0.717, 1.165) is 5.56 Å². The Morgan fingerprint density at radius 1 is 1.00 bits per heavy atom. The van der Waals surface area contributed by atoms with Gasteiger partial charge in [-0.3, -0.25) is 9.59 Å². The summed E-state index contributed by atoms with van der Waals surface area (Å²) in [6.45, 7) is 0. The molecular formula is C18H14N2O4. The summed E-state index contributed by atoms with van der Waals surface area (Å²) in [4.78, 5) is 31.8. The van der Waals surface area contributed by atoms with Crippen LogP contribution < -0.4 is 9.64 Å². The molecule has 2 aliphatic heterocycles. The van der Waals surface area contributed by atoms with Crippen LogP contribution in [0.3, 0.4) is 0 Å². The van der Waals surface area contributed by atoms with E-state index in [2.05, 4.69) is 5.16 Å². The zero-order chi connectivity index (χ0) is 16.7. The van der Waals surface area contributed by atoms with E-state index in [4.69, 9.17) is 9.57 Å². The Kier molecular flexibility index (Phi) is 3.30. The number of hydrogen-bond acceptors (Lipinski definition) is 5. The first-order valence-electron chi connectivity index (χ1n) is 7.51. The molecule has 2 heterocycles. The number of oxime groups is 1. The summed E-state index contributed by atoms with van der Waals surface area (Å²) in [5.74, 6) is -0.715. The van der Waals surface area contributed by atoms with E-state index in [0.29, 0.717) is 17.1 Å². The highest BCUT2D eigenvalue weighted by Gasteiger charge is 2.56. The Morgan fingerprint density at radius 2 is 1.71 bits per heavy atom. The number of para-hydroxylation sites is 1. The highest BCUT2D eigenvalue weighted by atomic mass is 16.6. The molecule has 2 atom stereocenters. The van der Waals surface area contributed by atoms with Gasteiger partial charge >= 0.3 is 0 Å². The van der Waals surface area contributed by atoms with Gasteiger partial charge in [-0.25, -0.2) is 4.90 Å². The minimum Gasteiger partial charge on any atom is -0.497 e. The van der Waals surface area contributed by atoms with Gasteiger partial charge in [0.15, 0.2) is 0 Å². The van der Waals surface area contributed by atoms with Crippen molar-refractivity contribution in [3.8, 4) is 5.75 Å². The van der Waals surface area contributed by atoms with Crippen LogP contribution in [0.15, 0.2) is 59.8 Å². The van der Waals surface area contributed by atoms with Gasteiger partial charge in [-0.1, -0.05) is 23.4 Å². The Hall–Kier alpha value is -3.15. The molecule has 2 aromatic carbocycles. The van der Waals surface area contributed by atoms with Crippen molar-refractivity contribution < 1.29 is 19.2 Å². The molecule has 0 saturated carbocycles. The number of methoxy groups -OCH3 is 1. The number of anilines is 1. The second-order valence-electron chi connectivity index (χ2n) is 5.56. The average molecular weight is 322 g/mol. The molecule has 2 amide bonds. The van der Waals surface area contributed by atoms with Crippen LogP contribution in [-0.4, -0.2) is 30.7 Å². The molecule has 1 fully saturated rings. The van der Waals surface area contributed by atoms with E-state index < -0.39 is 12.0 Å². The highest BCUT2D eigenvalue weighted by Crippen LogP contribution is 2.35. The van der Waals surface area contributed by atoms with Gasteiger partial charge in [0.2, 0.25) is 12.0 Å². The molecule has 2 aliphatic rings. The van der Waals surface area contributed by atoms with Gasteiger partial charge in [0.05, 0.1) is 12.8 Å². The molecule has 0 spiro atoms. The highest BCUT2D eigenvalue weighted by molar-refractivity contribution is 6.32. The third kappa shape index (κ3) is 2.07. The predicted molar refractivity (Wildman–Crippen MR) is 86.8 cm³/mol. The number of hydrogen-bond donors (Lipinski definition) is 0. The monoisotopic (exact) mass is 322 g/mol. The molecule has 120 valence electrons. The first-order valence-corrected chi connectivity index (χ1v) is 7.51. The van der Waals surface area contributed by atoms with Gasteiger partial charge in [0, 0.05) is 5.56 Å². The van der Waals surface area contributed by atoms with E-state index in [1.54, 1.807) is 55.6 Å². The van der Waals surface area contributed by atoms with Crippen LogP contribution in [0.4, 0.5) is 5.69 Å². The third-order valence-corrected chi connectivity index (χ3v) is 4.21. The van der Waals surface area contributed by atoms with Gasteiger partial charge in [0.25, 0.3) is 5.91 Å². The number of imide groups is 1. The topological polar surface area (TPSA) is 68.2 Å². The zero-order valence-electron chi connectivity index (χ0n) is 12.9. The summed E-state index contributed by atoms with van der Waals surface area (Å²) in [7, 11) is 1.58. The van der Waals surface area contributed by atoms with Crippen molar-refractivity contribution in [1.29, 1.82) is 0 Å². The summed E-state index contributed by atoms with van der Waals surface area (Å²) in [6, 6.07) is 16.0. The lowest BCUT2D eigenvalue weighted by Gasteiger charge is -2.15. The van der Waals surface area contributed by atoms with Crippen molar-refractivity contribution in [2.24, 2.45) is 11.1 Å². The number of fused-ring (bicyclic) bond motifs is 1. The summed E-state index contributed by atoms with van der Waals surface area (Å²) in [5.41, 5.74) is 1.75. The van der Waals surface area contributed by atoms with Crippen LogP contribution in [0.25, 0.3) is 0 Å². The van der Waals surface area contributed by atoms with Crippen LogP contribution in [0.5, 0.6) is 5.75 Å². The van der Waals surface area contributed by atoms with Gasteiger partial charge < -0.3 is 9.57 Å². The Balaban J connectivity index is 1.68. The van der Waals surface area contributed by atoms with Crippen molar-refractivity contribution in [2.45, 2.75) is 6.10 Å². The molecule has 0 aromatic heterocycles. The first kappa shape index (κ1) is 14.4. The summed E-state index contributed by atoms with van der Waals surface area (Å²) in [6.07, 6.45) is -0.894. The second kappa shape index (κ2) is 5.49. The molecule has 4 rings (SSSR count). The van der Waals surface area contributed by atoms with E-state index >= 15 is 0 Å². The molecule has 6 heteroatoms. The van der Waals surface area contributed by atoms with Crippen LogP contribution in [0.1, 0.15) is 5.56 Å². The van der Waals surface area contributed by atoms with E-state index in [-0.39, 0.29) is 11.8 Å². The number of nitrogens with zero attached hydrogens (tertiary/aromatic N) is 2. The largest absolute Gasteiger partial charge is 0.497 e. The fourth-order valence-corrected chi connectivity index (χ4v) is 3.01. The standard InChI is InChI=1S/C18H14N2O4/c1-23-13-9-7-11(8-10-13)15-14-16(24-19-15)18(22)20(17(14)21)12-5-3-2-4-6-12/h2-10,14,16H,1H3. The molecule has 2 unspecified atom stereocenters. The lowest BCUT2D eigenvalue weighted by molar-refractivity contribution is -0.126. The SMILES string of the molecule is COc1ccc(C2=NOC3C(=O)N(c4ccccc4)C(=O)C23)cc1. The van der Waals surface area contributed by atoms with E-state index in [9.17, 15) is 9.59 Å². The fraction of sp³-hybridized carbons (Fsp3) is 0.167. The van der Waals surface area contributed by atoms with Gasteiger partial charge in [-0.05, 0) is 36.4 Å². The molecular weight excluding hydrogens is 308 g/mol. The molecule has 1 saturated heterocycles. The maximum absolute atomic E-state index is 12.8. The number of benzene rings is 2. The molecule has 0 bridgehead atoms. The number of carbonyl (C=O) groups excluding carboxylic acids is 2. The second-order valence-corrected chi connectivity index (χ2v) is 5.56. The smallest absolute Gasteiger partial charge is 0.278 e. The van der Waals surface area contributed by atoms with Crippen LogP contribution >= 0.6 is 0 Å². The van der Waals surface area contributed by atoms with Crippen molar-refractivity contribution in [1.82, 2.24) is 0 Å². The van der Waals surface area contributed by atoms with Gasteiger partial charge in [-0.15, -0.1) is 0 Å². The average Bonchev–Trinajstić information content (AvgIpc) is 3.17. The van der Waals surface area contributed by atoms with E-state index in [1.165, 1.54) is 4.90 Å². The van der Waals surface area contributed by atoms with Crippen LogP contribution in [-0.2, 0) is 14.4 Å². The van der Waals surface area contributed by atoms with Gasteiger partial charge in [0.1, 0.15) is 17.4 Å². The lowest BCUT2D eigenvalue weighted by atomic mass is 9.94. The molecule has 6 nitrogen and oxygen atoms in total. The van der Waals surface area contributed by atoms with Gasteiger partial charge in [-0.2, -0.15) is 0 Å². The number of rotatable bonds is 3. The first-order chi connectivity index (χ1) is 11.7. The maximum Gasteiger partial charge on any atom is 0.278 e. The summed E-state index contributed by atoms with van der Waals surface area (Å²) < 4.78 is 5.13. The molecule has 0 radical (unpaired) electrons. The Labute approximate surface area is 138 Å². The minimum atomic E-state index is -0.894. The number of ether oxygens (including phenoxy) is 1. The van der Waals surface area contributed by atoms with E-state index in [1.807, 2.05) is 6.07 Å². The quantitative estimate of drug-likeness (QED) is 0.811. The van der Waals surface area contributed by atoms with Crippen LogP contribution in [0.2, 0.25) is 0 Å². The predicted octanol–water partition coefficient (Wildman–Crippen LogP) is 1.99. The van der Waals surface area contributed by atoms with Crippen molar-refractivity contribution in [2.75, 3.05) is 12.0 Å². The Morgan fingerprint density at radius 3 is 2.38 bits per heavy atom. The summed E-state index contributed by atoms with van der Waals surface area (Å²) >= 11 is 0. The molecule has 0 aliphatic carbocycles. The number of amides is 2. The zero-order valence-corrected chi connectivity index (χ0v) is 12.9. The maximum atomic E-state index is 12.8. The van der Waals surface area contributed by atoms with Crippen molar-refractivity contribution in [3.05, 3.63) is 60.2 Å². The van der Waals surface area contributed by atoms with Crippen LogP contribution in [0, 0.1) is 5.92 Å². The third-order valence-electron chi connectivity index (χ3n) is 4.21.